The third-order valence-electron chi connectivity index (χ3n) is 3.85. The van der Waals surface area contributed by atoms with Crippen molar-refractivity contribution in [3.63, 3.8) is 0 Å². The zero-order valence-corrected chi connectivity index (χ0v) is 13.6. The topological polar surface area (TPSA) is 71.3 Å². The van der Waals surface area contributed by atoms with Gasteiger partial charge in [0.05, 0.1) is 6.54 Å². The summed E-state index contributed by atoms with van der Waals surface area (Å²) in [6.07, 6.45) is 5.32. The van der Waals surface area contributed by atoms with Crippen LogP contribution in [0.25, 0.3) is 11.0 Å². The van der Waals surface area contributed by atoms with Gasteiger partial charge in [-0.05, 0) is 31.2 Å². The first-order valence-electron chi connectivity index (χ1n) is 7.71. The summed E-state index contributed by atoms with van der Waals surface area (Å²) < 4.78 is 5.71. The number of para-hydroxylation sites is 1. The molecule has 2 N–H and O–H groups in total. The third kappa shape index (κ3) is 3.54. The van der Waals surface area contributed by atoms with Gasteiger partial charge in [0.1, 0.15) is 11.3 Å². The predicted molar refractivity (Wildman–Crippen MR) is 95.8 cm³/mol. The van der Waals surface area contributed by atoms with E-state index < -0.39 is 11.8 Å². The second-order valence-electron chi connectivity index (χ2n) is 5.51. The average Bonchev–Trinajstić information content (AvgIpc) is 2.96. The number of amides is 2. The Balaban J connectivity index is 1.64. The minimum atomic E-state index is -0.761. The van der Waals surface area contributed by atoms with E-state index >= 15 is 0 Å². The van der Waals surface area contributed by atoms with Gasteiger partial charge >= 0.3 is 11.8 Å². The van der Waals surface area contributed by atoms with E-state index in [1.165, 1.54) is 0 Å². The molecule has 0 aliphatic carbocycles. The van der Waals surface area contributed by atoms with Gasteiger partial charge in [-0.25, -0.2) is 0 Å². The van der Waals surface area contributed by atoms with Crippen molar-refractivity contribution in [1.29, 1.82) is 0 Å². The van der Waals surface area contributed by atoms with Crippen LogP contribution in [0.5, 0.6) is 0 Å². The van der Waals surface area contributed by atoms with Crippen molar-refractivity contribution in [2.24, 2.45) is 0 Å². The smallest absolute Gasteiger partial charge is 0.313 e. The molecule has 1 heterocycles. The molecule has 0 saturated carbocycles. The quantitative estimate of drug-likeness (QED) is 0.572. The van der Waals surface area contributed by atoms with Crippen molar-refractivity contribution >= 4 is 28.5 Å². The molecule has 0 saturated heterocycles. The number of hydrogen-bond donors (Lipinski definition) is 2. The van der Waals surface area contributed by atoms with Crippen LogP contribution < -0.4 is 10.6 Å². The number of anilines is 1. The summed E-state index contributed by atoms with van der Waals surface area (Å²) in [6, 6.07) is 14.3. The summed E-state index contributed by atoms with van der Waals surface area (Å²) in [6.45, 7) is 2.05. The molecule has 0 unspecified atom stereocenters. The molecule has 25 heavy (non-hydrogen) atoms. The molecule has 5 heteroatoms. The molecule has 0 aliphatic rings. The number of aryl methyl sites for hydroxylation is 1. The first-order chi connectivity index (χ1) is 12.1. The van der Waals surface area contributed by atoms with E-state index in [4.69, 9.17) is 10.8 Å². The Bertz CT molecular complexity index is 996. The SMILES string of the molecule is C#Cc1cccc(NC(=O)C(=O)NCc2oc3ccccc3c2C)c1. The normalized spacial score (nSPS) is 10.2. The fourth-order valence-corrected chi connectivity index (χ4v) is 2.51. The Morgan fingerprint density at radius 1 is 1.12 bits per heavy atom. The van der Waals surface area contributed by atoms with Gasteiger partial charge in [-0.15, -0.1) is 6.42 Å². The molecule has 2 aromatic carbocycles. The summed E-state index contributed by atoms with van der Waals surface area (Å²) in [4.78, 5) is 24.0. The zero-order chi connectivity index (χ0) is 17.8. The number of fused-ring (bicyclic) bond motifs is 1. The van der Waals surface area contributed by atoms with Crippen molar-refractivity contribution in [1.82, 2.24) is 5.32 Å². The molecule has 5 nitrogen and oxygen atoms in total. The lowest BCUT2D eigenvalue weighted by molar-refractivity contribution is -0.136. The molecule has 3 aromatic rings. The number of nitrogens with one attached hydrogen (secondary N) is 2. The minimum absolute atomic E-state index is 0.136. The van der Waals surface area contributed by atoms with Gasteiger partial charge in [0, 0.05) is 22.2 Å². The van der Waals surface area contributed by atoms with Crippen LogP contribution in [-0.2, 0) is 16.1 Å². The zero-order valence-electron chi connectivity index (χ0n) is 13.6. The number of carbonyl (C=O) groups is 2. The summed E-state index contributed by atoms with van der Waals surface area (Å²) in [5.41, 5.74) is 2.78. The van der Waals surface area contributed by atoms with Gasteiger partial charge in [0.25, 0.3) is 0 Å². The first-order valence-corrected chi connectivity index (χ1v) is 7.71. The standard InChI is InChI=1S/C20H16N2O3/c1-3-14-7-6-8-15(11-14)22-20(24)19(23)21-12-18-13(2)16-9-4-5-10-17(16)25-18/h1,4-11H,12H2,2H3,(H,21,23)(H,22,24). The van der Waals surface area contributed by atoms with Crippen LogP contribution in [0.15, 0.2) is 52.9 Å². The number of furan rings is 1. The largest absolute Gasteiger partial charge is 0.459 e. The van der Waals surface area contributed by atoms with Crippen molar-refractivity contribution in [2.45, 2.75) is 13.5 Å². The summed E-state index contributed by atoms with van der Waals surface area (Å²) in [5, 5.41) is 6.07. The summed E-state index contributed by atoms with van der Waals surface area (Å²) in [5.74, 6) is 1.59. The van der Waals surface area contributed by atoms with Crippen molar-refractivity contribution in [3.8, 4) is 12.3 Å². The predicted octanol–water partition coefficient (Wildman–Crippen LogP) is 2.98. The molecule has 0 aliphatic heterocycles. The van der Waals surface area contributed by atoms with Gasteiger partial charge in [-0.2, -0.15) is 0 Å². The van der Waals surface area contributed by atoms with Crippen LogP contribution in [0, 0.1) is 19.3 Å². The van der Waals surface area contributed by atoms with E-state index in [1.807, 2.05) is 31.2 Å². The highest BCUT2D eigenvalue weighted by Crippen LogP contribution is 2.24. The maximum Gasteiger partial charge on any atom is 0.313 e. The molecular formula is C20H16N2O3. The number of benzene rings is 2. The van der Waals surface area contributed by atoms with Crippen LogP contribution in [0.4, 0.5) is 5.69 Å². The van der Waals surface area contributed by atoms with E-state index in [-0.39, 0.29) is 6.54 Å². The molecule has 0 fully saturated rings. The summed E-state index contributed by atoms with van der Waals surface area (Å²) >= 11 is 0. The Morgan fingerprint density at radius 3 is 2.68 bits per heavy atom. The van der Waals surface area contributed by atoms with Gasteiger partial charge in [-0.3, -0.25) is 9.59 Å². The maximum absolute atomic E-state index is 12.0. The lowest BCUT2D eigenvalue weighted by atomic mass is 10.1. The molecule has 0 bridgehead atoms. The van der Waals surface area contributed by atoms with Crippen LogP contribution >= 0.6 is 0 Å². The van der Waals surface area contributed by atoms with Crippen LogP contribution in [-0.4, -0.2) is 11.8 Å². The Kier molecular flexibility index (Phi) is 4.53. The molecule has 0 atom stereocenters. The van der Waals surface area contributed by atoms with E-state index in [1.54, 1.807) is 24.3 Å². The van der Waals surface area contributed by atoms with Crippen molar-refractivity contribution in [2.75, 3.05) is 5.32 Å². The van der Waals surface area contributed by atoms with Gasteiger partial charge in [0.2, 0.25) is 0 Å². The average molecular weight is 332 g/mol. The summed E-state index contributed by atoms with van der Waals surface area (Å²) in [7, 11) is 0. The molecular weight excluding hydrogens is 316 g/mol. The maximum atomic E-state index is 12.0. The second kappa shape index (κ2) is 6.93. The van der Waals surface area contributed by atoms with E-state index in [2.05, 4.69) is 16.6 Å². The Labute approximate surface area is 145 Å². The lowest BCUT2D eigenvalue weighted by Crippen LogP contribution is -2.35. The number of carbonyl (C=O) groups excluding carboxylic acids is 2. The monoisotopic (exact) mass is 332 g/mol. The molecule has 2 amide bonds. The number of terminal acetylenes is 1. The fourth-order valence-electron chi connectivity index (χ4n) is 2.51. The third-order valence-corrected chi connectivity index (χ3v) is 3.85. The highest BCUT2D eigenvalue weighted by Gasteiger charge is 2.16. The van der Waals surface area contributed by atoms with Gasteiger partial charge in [0.15, 0.2) is 0 Å². The molecule has 3 rings (SSSR count). The lowest BCUT2D eigenvalue weighted by Gasteiger charge is -2.06. The Morgan fingerprint density at radius 2 is 1.92 bits per heavy atom. The molecule has 124 valence electrons. The van der Waals surface area contributed by atoms with Gasteiger partial charge in [-0.1, -0.05) is 30.2 Å². The second-order valence-corrected chi connectivity index (χ2v) is 5.51. The highest BCUT2D eigenvalue weighted by atomic mass is 16.3. The molecule has 0 radical (unpaired) electrons. The highest BCUT2D eigenvalue weighted by molar-refractivity contribution is 6.39. The minimum Gasteiger partial charge on any atom is -0.459 e. The number of hydrogen-bond acceptors (Lipinski definition) is 3. The molecule has 0 spiro atoms. The van der Waals surface area contributed by atoms with Gasteiger partial charge < -0.3 is 15.1 Å². The number of rotatable bonds is 3. The molecule has 1 aromatic heterocycles. The van der Waals surface area contributed by atoms with E-state index in [0.717, 1.165) is 16.5 Å². The fraction of sp³-hybridized carbons (Fsp3) is 0.100. The van der Waals surface area contributed by atoms with Crippen LogP contribution in [0.1, 0.15) is 16.9 Å². The first kappa shape index (κ1) is 16.3. The van der Waals surface area contributed by atoms with Crippen molar-refractivity contribution < 1.29 is 14.0 Å². The van der Waals surface area contributed by atoms with E-state index in [9.17, 15) is 9.59 Å². The van der Waals surface area contributed by atoms with Crippen LogP contribution in [0.3, 0.4) is 0 Å². The van der Waals surface area contributed by atoms with Crippen LogP contribution in [0.2, 0.25) is 0 Å². The Hall–Kier alpha value is -3.52. The van der Waals surface area contributed by atoms with E-state index in [0.29, 0.717) is 17.0 Å². The van der Waals surface area contributed by atoms with Crippen molar-refractivity contribution in [3.05, 3.63) is 65.4 Å².